The molecule has 0 spiro atoms. The molecule has 0 saturated carbocycles. The number of ether oxygens (including phenoxy) is 1. The van der Waals surface area contributed by atoms with Crippen LogP contribution in [0.5, 0.6) is 0 Å². The van der Waals surface area contributed by atoms with Crippen molar-refractivity contribution in [2.75, 3.05) is 6.61 Å². The Bertz CT molecular complexity index is 1160. The average molecular weight is 738 g/mol. The highest BCUT2D eigenvalue weighted by molar-refractivity contribution is 9.11. The van der Waals surface area contributed by atoms with E-state index in [1.807, 2.05) is 6.07 Å². The highest BCUT2D eigenvalue weighted by atomic mass is 79.9. The molecular weight excluding hydrogens is 688 g/mol. The zero-order chi connectivity index (χ0) is 31.0. The molecule has 2 heterocycles. The normalized spacial score (nSPS) is 24.6. The van der Waals surface area contributed by atoms with E-state index >= 15 is 0 Å². The Balaban J connectivity index is 2.14. The Morgan fingerprint density at radius 3 is 1.83 bits per heavy atom. The first kappa shape index (κ1) is 35.8. The van der Waals surface area contributed by atoms with E-state index in [-0.39, 0.29) is 30.5 Å². The van der Waals surface area contributed by atoms with Crippen LogP contribution in [-0.2, 0) is 28.9 Å². The number of halogens is 2. The van der Waals surface area contributed by atoms with Crippen molar-refractivity contribution in [2.45, 2.75) is 116 Å². The predicted octanol–water partition coefficient (Wildman–Crippen LogP) is 9.71. The zero-order valence-electron chi connectivity index (χ0n) is 26.9. The molecule has 0 radical (unpaired) electrons. The molecule has 3 rings (SSSR count). The molecule has 0 aliphatic carbocycles. The van der Waals surface area contributed by atoms with Crippen LogP contribution in [0.4, 0.5) is 0 Å². The lowest BCUT2D eigenvalue weighted by Crippen LogP contribution is -2.63. The van der Waals surface area contributed by atoms with Gasteiger partial charge in [0.1, 0.15) is 30.5 Å². The van der Waals surface area contributed by atoms with Crippen molar-refractivity contribution in [3.8, 4) is 0 Å². The topological polar surface area (TPSA) is 46.2 Å². The summed E-state index contributed by atoms with van der Waals surface area (Å²) in [4.78, 5) is 1.25. The van der Waals surface area contributed by atoms with Gasteiger partial charge in [0.15, 0.2) is 33.3 Å². The van der Waals surface area contributed by atoms with Gasteiger partial charge in [-0.3, -0.25) is 0 Å². The minimum absolute atomic E-state index is 0.276. The maximum atomic E-state index is 7.06. The van der Waals surface area contributed by atoms with Crippen LogP contribution in [0.2, 0.25) is 83.6 Å². The van der Waals surface area contributed by atoms with Crippen LogP contribution >= 0.6 is 38.9 Å². The summed E-state index contributed by atoms with van der Waals surface area (Å²) in [6.45, 7) is 27.2. The molecule has 1 aromatic heterocycles. The first-order valence-corrected chi connectivity index (χ1v) is 30.1. The third-order valence-corrected chi connectivity index (χ3v) is 12.1. The van der Waals surface area contributed by atoms with Crippen molar-refractivity contribution in [1.82, 2.24) is 0 Å². The van der Waals surface area contributed by atoms with Crippen LogP contribution in [-0.4, -0.2) is 64.3 Å². The van der Waals surface area contributed by atoms with Crippen molar-refractivity contribution in [1.29, 1.82) is 0 Å². The van der Waals surface area contributed by atoms with Crippen LogP contribution in [0, 0.1) is 0 Å². The minimum atomic E-state index is -2.02. The third-order valence-electron chi connectivity index (χ3n) is 6.18. The van der Waals surface area contributed by atoms with E-state index in [1.54, 1.807) is 11.3 Å². The summed E-state index contributed by atoms with van der Waals surface area (Å²) >= 11 is 12.1. The van der Waals surface area contributed by atoms with Crippen molar-refractivity contribution >= 4 is 72.1 Å². The largest absolute Gasteiger partial charge is 0.415 e. The van der Waals surface area contributed by atoms with Crippen molar-refractivity contribution in [3.63, 3.8) is 0 Å². The molecule has 41 heavy (non-hydrogen) atoms. The molecule has 1 aliphatic heterocycles. The first-order valence-electron chi connectivity index (χ1n) is 14.5. The predicted molar refractivity (Wildman–Crippen MR) is 188 cm³/mol. The minimum Gasteiger partial charge on any atom is -0.415 e. The Kier molecular flexibility index (Phi) is 12.0. The molecule has 0 bridgehead atoms. The molecule has 0 amide bonds. The van der Waals surface area contributed by atoms with E-state index in [9.17, 15) is 0 Å². The maximum absolute atomic E-state index is 7.06. The van der Waals surface area contributed by atoms with Gasteiger partial charge in [-0.2, -0.15) is 0 Å². The molecule has 232 valence electrons. The number of hydrogen-bond acceptors (Lipinski definition) is 6. The molecule has 1 saturated heterocycles. The summed E-state index contributed by atoms with van der Waals surface area (Å²) in [6.07, 6.45) is -0.741. The van der Waals surface area contributed by atoms with E-state index in [0.29, 0.717) is 6.61 Å². The summed E-state index contributed by atoms with van der Waals surface area (Å²) in [7, 11) is -7.82. The van der Waals surface area contributed by atoms with Gasteiger partial charge in [-0.25, -0.2) is 0 Å². The molecular formula is C29H50BrClO5SSi4. The fourth-order valence-corrected chi connectivity index (χ4v) is 10.4. The van der Waals surface area contributed by atoms with E-state index in [2.05, 4.69) is 119 Å². The maximum Gasteiger partial charge on any atom is 0.184 e. The quantitative estimate of drug-likeness (QED) is 0.203. The van der Waals surface area contributed by atoms with Gasteiger partial charge in [0.25, 0.3) is 0 Å². The molecule has 5 atom stereocenters. The SMILES string of the molecule is C[Si](C)(C)OCC1OC(c2ccc(Cl)c(Cc3ccc(Br)s3)c2)[C@H](O[Si](C)(C)C)C(O[Si](C)(C)C)[C@@H]1O[Si](C)(C)C. The molecule has 2 aromatic rings. The molecule has 5 nitrogen and oxygen atoms in total. The smallest absolute Gasteiger partial charge is 0.184 e. The second kappa shape index (κ2) is 13.8. The number of hydrogen-bond donors (Lipinski definition) is 0. The monoisotopic (exact) mass is 736 g/mol. The highest BCUT2D eigenvalue weighted by Crippen LogP contribution is 2.41. The van der Waals surface area contributed by atoms with Crippen molar-refractivity contribution in [2.24, 2.45) is 0 Å². The highest BCUT2D eigenvalue weighted by Gasteiger charge is 2.52. The van der Waals surface area contributed by atoms with Gasteiger partial charge in [-0.1, -0.05) is 23.7 Å². The lowest BCUT2D eigenvalue weighted by Gasteiger charge is -2.51. The van der Waals surface area contributed by atoms with Crippen LogP contribution < -0.4 is 0 Å². The van der Waals surface area contributed by atoms with E-state index in [1.165, 1.54) is 4.88 Å². The Morgan fingerprint density at radius 1 is 0.756 bits per heavy atom. The summed E-state index contributed by atoms with van der Waals surface area (Å²) in [5, 5.41) is 0.755. The Hall–Kier alpha value is 0.358. The van der Waals surface area contributed by atoms with Gasteiger partial charge >= 0.3 is 0 Å². The van der Waals surface area contributed by atoms with Gasteiger partial charge in [-0.15, -0.1) is 11.3 Å². The van der Waals surface area contributed by atoms with Gasteiger partial charge < -0.3 is 22.4 Å². The number of rotatable bonds is 12. The average Bonchev–Trinajstić information content (AvgIpc) is 3.18. The van der Waals surface area contributed by atoms with Crippen molar-refractivity contribution in [3.05, 3.63) is 55.1 Å². The van der Waals surface area contributed by atoms with Gasteiger partial charge in [0, 0.05) is 16.3 Å². The van der Waals surface area contributed by atoms with Crippen LogP contribution in [0.15, 0.2) is 34.1 Å². The van der Waals surface area contributed by atoms with Gasteiger partial charge in [0.2, 0.25) is 0 Å². The molecule has 0 N–H and O–H groups in total. The lowest BCUT2D eigenvalue weighted by atomic mass is 9.90. The molecule has 1 fully saturated rings. The second-order valence-electron chi connectivity index (χ2n) is 14.8. The lowest BCUT2D eigenvalue weighted by molar-refractivity contribution is -0.216. The molecule has 3 unspecified atom stereocenters. The van der Waals surface area contributed by atoms with Gasteiger partial charge in [-0.05, 0) is 124 Å². The number of thiophene rings is 1. The van der Waals surface area contributed by atoms with Gasteiger partial charge in [0.05, 0.1) is 10.4 Å². The first-order chi connectivity index (χ1) is 18.6. The fraction of sp³-hybridized carbons (Fsp3) is 0.655. The van der Waals surface area contributed by atoms with Crippen molar-refractivity contribution < 1.29 is 22.4 Å². The van der Waals surface area contributed by atoms with E-state index < -0.39 is 33.3 Å². The summed E-state index contributed by atoms with van der Waals surface area (Å²) in [6, 6.07) is 10.5. The van der Waals surface area contributed by atoms with Crippen LogP contribution in [0.3, 0.4) is 0 Å². The molecule has 1 aromatic carbocycles. The standard InChI is InChI=1S/C29H50BrClO5SSi4/c1-38(2,3)32-19-24-27(34-39(4,5)6)29(36-41(10,11)12)28(35-40(7,8)9)26(33-24)20-13-15-23(31)21(17-20)18-22-14-16-25(30)37-22/h13-17,24,26-29H,18-19H2,1-12H3/t24?,26?,27-,28+,29?/m1/s1. The fourth-order valence-electron chi connectivity index (χ4n) is 4.82. The van der Waals surface area contributed by atoms with Crippen LogP contribution in [0.1, 0.15) is 22.1 Å². The Morgan fingerprint density at radius 2 is 1.32 bits per heavy atom. The summed E-state index contributed by atoms with van der Waals surface area (Å²) in [5.74, 6) is 0. The zero-order valence-corrected chi connectivity index (χ0v) is 34.1. The van der Waals surface area contributed by atoms with Crippen LogP contribution in [0.25, 0.3) is 0 Å². The van der Waals surface area contributed by atoms with E-state index in [0.717, 1.165) is 26.4 Å². The second-order valence-corrected chi connectivity index (χ2v) is 35.7. The molecule has 12 heteroatoms. The third kappa shape index (κ3) is 11.7. The number of benzene rings is 1. The Labute approximate surface area is 270 Å². The van der Waals surface area contributed by atoms with E-state index in [4.69, 9.17) is 34.0 Å². The molecule has 1 aliphatic rings. The summed E-state index contributed by atoms with van der Waals surface area (Å²) < 4.78 is 35.6. The summed E-state index contributed by atoms with van der Waals surface area (Å²) in [5.41, 5.74) is 2.13.